The van der Waals surface area contributed by atoms with Crippen LogP contribution in [0, 0.1) is 5.82 Å². The molecule has 20 heavy (non-hydrogen) atoms. The summed E-state index contributed by atoms with van der Waals surface area (Å²) in [5.41, 5.74) is 8.20. The molecule has 2 aromatic rings. The Bertz CT molecular complexity index is 510. The van der Waals surface area contributed by atoms with E-state index in [4.69, 9.17) is 5.73 Å². The number of benzene rings is 2. The molecule has 0 aliphatic rings. The quantitative estimate of drug-likeness (QED) is 0.875. The van der Waals surface area contributed by atoms with Crippen molar-refractivity contribution in [3.63, 3.8) is 0 Å². The van der Waals surface area contributed by atoms with E-state index in [9.17, 15) is 4.39 Å². The molecule has 2 rings (SSSR count). The highest BCUT2D eigenvalue weighted by Gasteiger charge is 2.13. The van der Waals surface area contributed by atoms with Crippen molar-refractivity contribution in [2.45, 2.75) is 18.9 Å². The van der Waals surface area contributed by atoms with Crippen molar-refractivity contribution in [1.29, 1.82) is 0 Å². The molecule has 2 nitrogen and oxygen atoms in total. The largest absolute Gasteiger partial charge is 0.370 e. The van der Waals surface area contributed by atoms with E-state index in [1.54, 1.807) is 12.1 Å². The molecule has 0 spiro atoms. The second kappa shape index (κ2) is 7.06. The van der Waals surface area contributed by atoms with Crippen LogP contribution in [0.1, 0.15) is 12.0 Å². The predicted octanol–water partition coefficient (Wildman–Crippen LogP) is 3.22. The fraction of sp³-hybridized carbons (Fsp3) is 0.294. The SMILES string of the molecule is CN(c1ccc(F)cc1)C(CN)CCc1ccccc1. The van der Waals surface area contributed by atoms with Crippen molar-refractivity contribution in [3.05, 3.63) is 66.0 Å². The van der Waals surface area contributed by atoms with E-state index in [1.165, 1.54) is 17.7 Å². The van der Waals surface area contributed by atoms with Crippen LogP contribution in [0.15, 0.2) is 54.6 Å². The van der Waals surface area contributed by atoms with Crippen LogP contribution >= 0.6 is 0 Å². The van der Waals surface area contributed by atoms with Gasteiger partial charge in [0.2, 0.25) is 0 Å². The highest BCUT2D eigenvalue weighted by Crippen LogP contribution is 2.18. The molecule has 0 fully saturated rings. The second-order valence-electron chi connectivity index (χ2n) is 5.00. The normalized spacial score (nSPS) is 12.2. The van der Waals surface area contributed by atoms with Crippen molar-refractivity contribution in [2.24, 2.45) is 5.73 Å². The highest BCUT2D eigenvalue weighted by molar-refractivity contribution is 5.46. The lowest BCUT2D eigenvalue weighted by molar-refractivity contribution is 0.587. The number of hydrogen-bond acceptors (Lipinski definition) is 2. The molecule has 0 aliphatic heterocycles. The van der Waals surface area contributed by atoms with Crippen LogP contribution in [0.2, 0.25) is 0 Å². The minimum Gasteiger partial charge on any atom is -0.370 e. The first-order valence-electron chi connectivity index (χ1n) is 6.93. The zero-order valence-corrected chi connectivity index (χ0v) is 11.8. The van der Waals surface area contributed by atoms with Crippen LogP contribution in [-0.2, 0) is 6.42 Å². The van der Waals surface area contributed by atoms with Crippen LogP contribution in [0.5, 0.6) is 0 Å². The van der Waals surface area contributed by atoms with Crippen molar-refractivity contribution < 1.29 is 4.39 Å². The van der Waals surface area contributed by atoms with Gasteiger partial charge in [0.1, 0.15) is 5.82 Å². The number of nitrogens with two attached hydrogens (primary N) is 1. The monoisotopic (exact) mass is 272 g/mol. The van der Waals surface area contributed by atoms with E-state index >= 15 is 0 Å². The molecule has 0 heterocycles. The van der Waals surface area contributed by atoms with Gasteiger partial charge in [0.15, 0.2) is 0 Å². The van der Waals surface area contributed by atoms with E-state index in [0.717, 1.165) is 18.5 Å². The van der Waals surface area contributed by atoms with Gasteiger partial charge >= 0.3 is 0 Å². The molecular weight excluding hydrogens is 251 g/mol. The fourth-order valence-corrected chi connectivity index (χ4v) is 2.33. The molecule has 0 amide bonds. The van der Waals surface area contributed by atoms with Gasteiger partial charge < -0.3 is 10.6 Å². The molecular formula is C17H21FN2. The molecule has 0 saturated heterocycles. The summed E-state index contributed by atoms with van der Waals surface area (Å²) in [5.74, 6) is -0.212. The Balaban J connectivity index is 1.98. The lowest BCUT2D eigenvalue weighted by atomic mass is 10.0. The van der Waals surface area contributed by atoms with Gasteiger partial charge in [-0.3, -0.25) is 0 Å². The van der Waals surface area contributed by atoms with Gasteiger partial charge in [-0.1, -0.05) is 30.3 Å². The third kappa shape index (κ3) is 3.81. The molecule has 1 unspecified atom stereocenters. The molecule has 0 bridgehead atoms. The number of hydrogen-bond donors (Lipinski definition) is 1. The first-order chi connectivity index (χ1) is 9.70. The van der Waals surface area contributed by atoms with Crippen molar-refractivity contribution in [3.8, 4) is 0 Å². The third-order valence-corrected chi connectivity index (χ3v) is 3.66. The van der Waals surface area contributed by atoms with Gasteiger partial charge in [0.25, 0.3) is 0 Å². The van der Waals surface area contributed by atoms with Gasteiger partial charge in [-0.25, -0.2) is 4.39 Å². The molecule has 2 N–H and O–H groups in total. The van der Waals surface area contributed by atoms with Crippen LogP contribution in [0.25, 0.3) is 0 Å². The maximum Gasteiger partial charge on any atom is 0.123 e. The van der Waals surface area contributed by atoms with E-state index in [2.05, 4.69) is 29.2 Å². The van der Waals surface area contributed by atoms with Crippen molar-refractivity contribution in [2.75, 3.05) is 18.5 Å². The summed E-state index contributed by atoms with van der Waals surface area (Å²) in [6.45, 7) is 0.584. The Morgan fingerprint density at radius 2 is 1.70 bits per heavy atom. The van der Waals surface area contributed by atoms with E-state index < -0.39 is 0 Å². The zero-order valence-electron chi connectivity index (χ0n) is 11.8. The van der Waals surface area contributed by atoms with Crippen LogP contribution in [0.4, 0.5) is 10.1 Å². The Labute approximate surface area is 120 Å². The Hall–Kier alpha value is -1.87. The van der Waals surface area contributed by atoms with Gasteiger partial charge in [-0.05, 0) is 42.7 Å². The standard InChI is InChI=1S/C17H21FN2/c1-20(16-11-8-15(18)9-12-16)17(13-19)10-7-14-5-3-2-4-6-14/h2-6,8-9,11-12,17H,7,10,13,19H2,1H3. The van der Waals surface area contributed by atoms with Crippen LogP contribution in [0.3, 0.4) is 0 Å². The van der Waals surface area contributed by atoms with E-state index in [-0.39, 0.29) is 11.9 Å². The number of likely N-dealkylation sites (N-methyl/N-ethyl adjacent to an activating group) is 1. The van der Waals surface area contributed by atoms with E-state index in [1.807, 2.05) is 13.1 Å². The third-order valence-electron chi connectivity index (χ3n) is 3.66. The number of halogens is 1. The average Bonchev–Trinajstić information content (AvgIpc) is 2.49. The van der Waals surface area contributed by atoms with E-state index in [0.29, 0.717) is 6.54 Å². The lowest BCUT2D eigenvalue weighted by Crippen LogP contribution is -2.38. The minimum absolute atomic E-state index is 0.212. The molecule has 3 heteroatoms. The topological polar surface area (TPSA) is 29.3 Å². The Morgan fingerprint density at radius 3 is 2.30 bits per heavy atom. The van der Waals surface area contributed by atoms with Gasteiger partial charge in [0.05, 0.1) is 0 Å². The summed E-state index contributed by atoms with van der Waals surface area (Å²) >= 11 is 0. The van der Waals surface area contributed by atoms with Crippen molar-refractivity contribution in [1.82, 2.24) is 0 Å². The van der Waals surface area contributed by atoms with Crippen LogP contribution < -0.4 is 10.6 Å². The summed E-state index contributed by atoms with van der Waals surface area (Å²) in [5, 5.41) is 0. The fourth-order valence-electron chi connectivity index (χ4n) is 2.33. The Morgan fingerprint density at radius 1 is 1.05 bits per heavy atom. The molecule has 106 valence electrons. The zero-order chi connectivity index (χ0) is 14.4. The number of aryl methyl sites for hydroxylation is 1. The first-order valence-corrected chi connectivity index (χ1v) is 6.93. The summed E-state index contributed by atoms with van der Waals surface area (Å²) in [7, 11) is 2.01. The predicted molar refractivity (Wildman–Crippen MR) is 82.4 cm³/mol. The minimum atomic E-state index is -0.212. The maximum atomic E-state index is 13.0. The second-order valence-corrected chi connectivity index (χ2v) is 5.00. The van der Waals surface area contributed by atoms with Gasteiger partial charge in [-0.2, -0.15) is 0 Å². The summed E-state index contributed by atoms with van der Waals surface area (Å²) < 4.78 is 13.0. The lowest BCUT2D eigenvalue weighted by Gasteiger charge is -2.29. The Kier molecular flexibility index (Phi) is 5.13. The number of nitrogens with zero attached hydrogens (tertiary/aromatic N) is 1. The smallest absolute Gasteiger partial charge is 0.123 e. The van der Waals surface area contributed by atoms with Gasteiger partial charge in [0, 0.05) is 25.3 Å². The average molecular weight is 272 g/mol. The summed E-state index contributed by atoms with van der Waals surface area (Å²) in [6, 6.07) is 17.2. The molecule has 0 aromatic heterocycles. The van der Waals surface area contributed by atoms with Crippen LogP contribution in [-0.4, -0.2) is 19.6 Å². The molecule has 0 saturated carbocycles. The molecule has 1 atom stereocenters. The number of anilines is 1. The maximum absolute atomic E-state index is 13.0. The molecule has 0 aliphatic carbocycles. The molecule has 0 radical (unpaired) electrons. The first kappa shape index (κ1) is 14.5. The van der Waals surface area contributed by atoms with Crippen molar-refractivity contribution >= 4 is 5.69 Å². The number of rotatable bonds is 6. The molecule has 2 aromatic carbocycles. The summed E-state index contributed by atoms with van der Waals surface area (Å²) in [6.07, 6.45) is 1.97. The highest BCUT2D eigenvalue weighted by atomic mass is 19.1. The summed E-state index contributed by atoms with van der Waals surface area (Å²) in [4.78, 5) is 2.13. The van der Waals surface area contributed by atoms with Gasteiger partial charge in [-0.15, -0.1) is 0 Å².